The van der Waals surface area contributed by atoms with Crippen molar-refractivity contribution < 1.29 is 19.4 Å². The zero-order chi connectivity index (χ0) is 16.1. The van der Waals surface area contributed by atoms with Crippen molar-refractivity contribution in [2.75, 3.05) is 13.2 Å². The van der Waals surface area contributed by atoms with Gasteiger partial charge in [0.25, 0.3) is 0 Å². The lowest BCUT2D eigenvalue weighted by atomic mass is 10.0. The molecular formula is C16H31NO4. The summed E-state index contributed by atoms with van der Waals surface area (Å²) in [6.07, 6.45) is 6.32. The highest BCUT2D eigenvalue weighted by molar-refractivity contribution is 5.84. The second kappa shape index (κ2) is 12.6. The molecule has 1 amide bonds. The molecule has 0 aromatic carbocycles. The first kappa shape index (κ1) is 19.9. The molecule has 2 N–H and O–H groups in total. The van der Waals surface area contributed by atoms with E-state index in [-0.39, 0.29) is 25.0 Å². The van der Waals surface area contributed by atoms with Gasteiger partial charge in [0.2, 0.25) is 5.91 Å². The predicted octanol–water partition coefficient (Wildman–Crippen LogP) is 2.41. The van der Waals surface area contributed by atoms with Crippen molar-refractivity contribution in [3.8, 4) is 0 Å². The first-order valence-electron chi connectivity index (χ1n) is 8.09. The molecule has 0 aliphatic heterocycles. The minimum Gasteiger partial charge on any atom is -0.464 e. The van der Waals surface area contributed by atoms with Gasteiger partial charge in [-0.05, 0) is 12.3 Å². The summed E-state index contributed by atoms with van der Waals surface area (Å²) in [5.74, 6) is -0.530. The molecule has 0 radical (unpaired) electrons. The average molecular weight is 301 g/mol. The molecule has 0 rings (SSSR count). The van der Waals surface area contributed by atoms with Crippen molar-refractivity contribution in [2.45, 2.75) is 71.8 Å². The molecule has 5 nitrogen and oxygen atoms in total. The van der Waals surface area contributed by atoms with Crippen molar-refractivity contribution in [1.29, 1.82) is 0 Å². The number of nitrogens with one attached hydrogen (secondary N) is 1. The third-order valence-corrected chi connectivity index (χ3v) is 3.29. The first-order chi connectivity index (χ1) is 10.0. The Morgan fingerprint density at radius 2 is 1.76 bits per heavy atom. The smallest absolute Gasteiger partial charge is 0.328 e. The molecule has 0 fully saturated rings. The maximum absolute atomic E-state index is 11.9. The molecular weight excluding hydrogens is 270 g/mol. The Morgan fingerprint density at radius 3 is 2.33 bits per heavy atom. The summed E-state index contributed by atoms with van der Waals surface area (Å²) in [5, 5.41) is 11.4. The van der Waals surface area contributed by atoms with Crippen LogP contribution < -0.4 is 5.32 Å². The Labute approximate surface area is 128 Å². The fraction of sp³-hybridized carbons (Fsp3) is 0.875. The molecule has 0 saturated heterocycles. The standard InChI is InChI=1S/C16H31NO4/c1-4-5-6-7-8-10-14(19)17-15(13(2)3)16(20)21-12-9-11-18/h13,15,18H,4-12H2,1-3H3,(H,17,19)/t15-/m0/s1. The van der Waals surface area contributed by atoms with E-state index in [1.807, 2.05) is 13.8 Å². The number of amides is 1. The van der Waals surface area contributed by atoms with Crippen LogP contribution >= 0.6 is 0 Å². The van der Waals surface area contributed by atoms with Crippen LogP contribution in [-0.4, -0.2) is 36.2 Å². The maximum Gasteiger partial charge on any atom is 0.328 e. The number of hydrogen-bond donors (Lipinski definition) is 2. The molecule has 0 aliphatic carbocycles. The van der Waals surface area contributed by atoms with Crippen LogP contribution in [0.1, 0.15) is 65.7 Å². The second-order valence-corrected chi connectivity index (χ2v) is 5.70. The van der Waals surface area contributed by atoms with Gasteiger partial charge in [-0.25, -0.2) is 4.79 Å². The van der Waals surface area contributed by atoms with Gasteiger partial charge in [-0.1, -0.05) is 46.5 Å². The van der Waals surface area contributed by atoms with Gasteiger partial charge in [-0.15, -0.1) is 0 Å². The van der Waals surface area contributed by atoms with Crippen molar-refractivity contribution in [3.63, 3.8) is 0 Å². The van der Waals surface area contributed by atoms with Gasteiger partial charge >= 0.3 is 5.97 Å². The summed E-state index contributed by atoms with van der Waals surface area (Å²) in [6, 6.07) is -0.605. The van der Waals surface area contributed by atoms with Gasteiger partial charge in [0.05, 0.1) is 6.61 Å². The third-order valence-electron chi connectivity index (χ3n) is 3.29. The van der Waals surface area contributed by atoms with Crippen molar-refractivity contribution in [2.24, 2.45) is 5.92 Å². The van der Waals surface area contributed by atoms with Crippen LogP contribution in [0.5, 0.6) is 0 Å². The topological polar surface area (TPSA) is 75.6 Å². The van der Waals surface area contributed by atoms with Crippen LogP contribution in [0, 0.1) is 5.92 Å². The predicted molar refractivity (Wildman–Crippen MR) is 82.8 cm³/mol. The van der Waals surface area contributed by atoms with Gasteiger partial charge < -0.3 is 15.2 Å². The monoisotopic (exact) mass is 301 g/mol. The molecule has 5 heteroatoms. The number of esters is 1. The van der Waals surface area contributed by atoms with Crippen molar-refractivity contribution in [3.05, 3.63) is 0 Å². The van der Waals surface area contributed by atoms with Gasteiger partial charge in [-0.2, -0.15) is 0 Å². The fourth-order valence-corrected chi connectivity index (χ4v) is 1.96. The Kier molecular flexibility index (Phi) is 12.0. The zero-order valence-corrected chi connectivity index (χ0v) is 13.7. The van der Waals surface area contributed by atoms with E-state index in [9.17, 15) is 9.59 Å². The van der Waals surface area contributed by atoms with E-state index in [2.05, 4.69) is 12.2 Å². The largest absolute Gasteiger partial charge is 0.464 e. The molecule has 1 atom stereocenters. The normalized spacial score (nSPS) is 12.2. The lowest BCUT2D eigenvalue weighted by Gasteiger charge is -2.20. The van der Waals surface area contributed by atoms with E-state index in [1.54, 1.807) is 0 Å². The van der Waals surface area contributed by atoms with Crippen LogP contribution in [0.4, 0.5) is 0 Å². The highest BCUT2D eigenvalue weighted by Crippen LogP contribution is 2.08. The number of rotatable bonds is 12. The second-order valence-electron chi connectivity index (χ2n) is 5.70. The summed E-state index contributed by atoms with van der Waals surface area (Å²) in [6.45, 7) is 6.08. The minimum atomic E-state index is -0.605. The number of unbranched alkanes of at least 4 members (excludes halogenated alkanes) is 4. The number of carbonyl (C=O) groups is 2. The lowest BCUT2D eigenvalue weighted by molar-refractivity contribution is -0.149. The number of aliphatic hydroxyl groups excluding tert-OH is 1. The number of hydrogen-bond acceptors (Lipinski definition) is 4. The molecule has 0 unspecified atom stereocenters. The van der Waals surface area contributed by atoms with E-state index in [4.69, 9.17) is 9.84 Å². The fourth-order valence-electron chi connectivity index (χ4n) is 1.96. The van der Waals surface area contributed by atoms with E-state index < -0.39 is 12.0 Å². The van der Waals surface area contributed by atoms with Gasteiger partial charge in [-0.3, -0.25) is 4.79 Å². The SMILES string of the molecule is CCCCCCCC(=O)N[C@H](C(=O)OCCCO)C(C)C. The highest BCUT2D eigenvalue weighted by atomic mass is 16.5. The van der Waals surface area contributed by atoms with Crippen LogP contribution in [-0.2, 0) is 14.3 Å². The molecule has 124 valence electrons. The Bertz CT molecular complexity index is 292. The first-order valence-corrected chi connectivity index (χ1v) is 8.09. The van der Waals surface area contributed by atoms with E-state index in [1.165, 1.54) is 12.8 Å². The minimum absolute atomic E-state index is 0.0102. The summed E-state index contributed by atoms with van der Waals surface area (Å²) >= 11 is 0. The zero-order valence-electron chi connectivity index (χ0n) is 13.7. The van der Waals surface area contributed by atoms with Crippen LogP contribution in [0.3, 0.4) is 0 Å². The van der Waals surface area contributed by atoms with Crippen molar-refractivity contribution >= 4 is 11.9 Å². The molecule has 0 bridgehead atoms. The van der Waals surface area contributed by atoms with E-state index in [0.717, 1.165) is 19.3 Å². The third kappa shape index (κ3) is 10.3. The maximum atomic E-state index is 11.9. The van der Waals surface area contributed by atoms with Gasteiger partial charge in [0.15, 0.2) is 0 Å². The number of ether oxygens (including phenoxy) is 1. The Balaban J connectivity index is 4.06. The van der Waals surface area contributed by atoms with Gasteiger partial charge in [0.1, 0.15) is 6.04 Å². The highest BCUT2D eigenvalue weighted by Gasteiger charge is 2.25. The summed E-state index contributed by atoms with van der Waals surface area (Å²) in [4.78, 5) is 23.8. The quantitative estimate of drug-likeness (QED) is 0.429. The number of carbonyl (C=O) groups excluding carboxylic acids is 2. The summed E-state index contributed by atoms with van der Waals surface area (Å²) < 4.78 is 5.05. The van der Waals surface area contributed by atoms with Crippen LogP contribution in [0.15, 0.2) is 0 Å². The molecule has 0 aliphatic rings. The van der Waals surface area contributed by atoms with Gasteiger partial charge in [0, 0.05) is 19.4 Å². The Morgan fingerprint density at radius 1 is 1.10 bits per heavy atom. The van der Waals surface area contributed by atoms with E-state index in [0.29, 0.717) is 12.8 Å². The molecule has 0 spiro atoms. The van der Waals surface area contributed by atoms with E-state index >= 15 is 0 Å². The van der Waals surface area contributed by atoms with Crippen LogP contribution in [0.2, 0.25) is 0 Å². The molecule has 0 saturated carbocycles. The summed E-state index contributed by atoms with van der Waals surface area (Å²) in [5.41, 5.74) is 0. The summed E-state index contributed by atoms with van der Waals surface area (Å²) in [7, 11) is 0. The lowest BCUT2D eigenvalue weighted by Crippen LogP contribution is -2.45. The molecule has 21 heavy (non-hydrogen) atoms. The molecule has 0 aromatic rings. The Hall–Kier alpha value is -1.10. The molecule has 0 aromatic heterocycles. The van der Waals surface area contributed by atoms with Crippen molar-refractivity contribution in [1.82, 2.24) is 5.32 Å². The average Bonchev–Trinajstić information content (AvgIpc) is 2.44. The van der Waals surface area contributed by atoms with Crippen LogP contribution in [0.25, 0.3) is 0 Å². The molecule has 0 heterocycles. The number of aliphatic hydroxyl groups is 1.